The molecule has 0 radical (unpaired) electrons. The van der Waals surface area contributed by atoms with Crippen LogP contribution in [0.3, 0.4) is 0 Å². The predicted octanol–water partition coefficient (Wildman–Crippen LogP) is 14.1. The maximum atomic E-state index is 12.8. The van der Waals surface area contributed by atoms with Gasteiger partial charge in [0.25, 0.3) is 0 Å². The molecule has 0 aliphatic heterocycles. The molecule has 0 aromatic carbocycles. The van der Waals surface area contributed by atoms with Gasteiger partial charge in [0, 0.05) is 19.3 Å². The lowest BCUT2D eigenvalue weighted by molar-refractivity contribution is -0.887. The van der Waals surface area contributed by atoms with Crippen LogP contribution in [0.2, 0.25) is 0 Å². The minimum atomic E-state index is -0.881. The summed E-state index contributed by atoms with van der Waals surface area (Å²) in [6.07, 6.45) is 54.0. The second-order valence-corrected chi connectivity index (χ2v) is 17.8. The first-order chi connectivity index (χ1) is 29.6. The van der Waals surface area contributed by atoms with E-state index >= 15 is 0 Å². The number of quaternary nitrogens is 1. The summed E-state index contributed by atoms with van der Waals surface area (Å²) in [6.45, 7) is 4.68. The smallest absolute Gasteiger partial charge is 0.362 e. The van der Waals surface area contributed by atoms with E-state index in [1.54, 1.807) is 0 Å². The predicted molar refractivity (Wildman–Crippen MR) is 257 cm³/mol. The van der Waals surface area contributed by atoms with E-state index in [9.17, 15) is 19.5 Å². The van der Waals surface area contributed by atoms with E-state index in [4.69, 9.17) is 14.2 Å². The van der Waals surface area contributed by atoms with Crippen LogP contribution >= 0.6 is 0 Å². The second-order valence-electron chi connectivity index (χ2n) is 17.8. The molecule has 61 heavy (non-hydrogen) atoms. The van der Waals surface area contributed by atoms with Crippen molar-refractivity contribution in [2.45, 2.75) is 219 Å². The first-order valence-electron chi connectivity index (χ1n) is 24.9. The number of hydrogen-bond acceptors (Lipinski definition) is 6. The van der Waals surface area contributed by atoms with Crippen LogP contribution in [0.1, 0.15) is 206 Å². The topological polar surface area (TPSA) is 99.1 Å². The standard InChI is InChI=1S/C53H93NO7/c1-6-8-10-12-14-16-18-20-22-24-26-28-29-31-33-35-37-39-41-43-51(55)60-48-49(47-59-46-45-50(53(57)58)54(3,4)5)61-52(56)44-42-40-38-36-34-32-30-27-25-23-21-19-17-15-13-11-9-7-2/h15,17,19,21,23-27,30,49-50H,6-14,16,18,20,22,28-29,31-48H2,1-5H3/p+1/b17-15+,21-19+,25-23+,26-24+,30-27+. The molecule has 1 N–H and O–H groups in total. The van der Waals surface area contributed by atoms with Gasteiger partial charge in [0.15, 0.2) is 12.1 Å². The molecule has 8 nitrogen and oxygen atoms in total. The average molecular weight is 857 g/mol. The van der Waals surface area contributed by atoms with E-state index in [-0.39, 0.29) is 36.2 Å². The van der Waals surface area contributed by atoms with Crippen molar-refractivity contribution in [1.29, 1.82) is 0 Å². The maximum Gasteiger partial charge on any atom is 0.362 e. The van der Waals surface area contributed by atoms with Gasteiger partial charge in [-0.3, -0.25) is 9.59 Å². The van der Waals surface area contributed by atoms with Gasteiger partial charge >= 0.3 is 17.9 Å². The fourth-order valence-corrected chi connectivity index (χ4v) is 7.10. The van der Waals surface area contributed by atoms with Crippen molar-refractivity contribution in [2.75, 3.05) is 41.0 Å². The monoisotopic (exact) mass is 857 g/mol. The lowest BCUT2D eigenvalue weighted by Gasteiger charge is -2.31. The van der Waals surface area contributed by atoms with Crippen molar-refractivity contribution in [3.8, 4) is 0 Å². The molecule has 0 saturated carbocycles. The Bertz CT molecular complexity index is 1180. The molecule has 0 heterocycles. The van der Waals surface area contributed by atoms with Gasteiger partial charge < -0.3 is 23.8 Å². The van der Waals surface area contributed by atoms with Crippen LogP contribution in [0.15, 0.2) is 60.8 Å². The summed E-state index contributed by atoms with van der Waals surface area (Å²) in [7, 11) is 5.52. The van der Waals surface area contributed by atoms with Gasteiger partial charge in [-0.25, -0.2) is 4.79 Å². The number of aliphatic carboxylic acids is 1. The Balaban J connectivity index is 4.33. The van der Waals surface area contributed by atoms with E-state index in [2.05, 4.69) is 74.6 Å². The number of rotatable bonds is 44. The summed E-state index contributed by atoms with van der Waals surface area (Å²) in [5, 5.41) is 9.64. The highest BCUT2D eigenvalue weighted by Crippen LogP contribution is 2.14. The Morgan fingerprint density at radius 3 is 1.36 bits per heavy atom. The largest absolute Gasteiger partial charge is 0.477 e. The molecule has 0 saturated heterocycles. The van der Waals surface area contributed by atoms with Crippen molar-refractivity contribution >= 4 is 17.9 Å². The molecule has 0 amide bonds. The zero-order valence-electron chi connectivity index (χ0n) is 40.1. The van der Waals surface area contributed by atoms with E-state index in [0.717, 1.165) is 64.2 Å². The van der Waals surface area contributed by atoms with Gasteiger partial charge in [-0.1, -0.05) is 184 Å². The number of nitrogens with zero attached hydrogens (tertiary/aromatic N) is 1. The highest BCUT2D eigenvalue weighted by atomic mass is 16.6. The molecule has 0 fully saturated rings. The van der Waals surface area contributed by atoms with Crippen LogP contribution in [0.25, 0.3) is 0 Å². The van der Waals surface area contributed by atoms with E-state index in [1.807, 2.05) is 21.1 Å². The van der Waals surface area contributed by atoms with Gasteiger partial charge in [-0.05, 0) is 64.2 Å². The van der Waals surface area contributed by atoms with Gasteiger partial charge in [0.2, 0.25) is 0 Å². The molecular weight excluding hydrogens is 763 g/mol. The molecule has 0 aromatic heterocycles. The average Bonchev–Trinajstić information content (AvgIpc) is 3.22. The first-order valence-corrected chi connectivity index (χ1v) is 24.9. The van der Waals surface area contributed by atoms with Crippen molar-refractivity contribution in [2.24, 2.45) is 0 Å². The summed E-state index contributed by atoms with van der Waals surface area (Å²) in [5.41, 5.74) is 0. The summed E-state index contributed by atoms with van der Waals surface area (Å²) >= 11 is 0. The third-order valence-corrected chi connectivity index (χ3v) is 11.0. The number of ether oxygens (including phenoxy) is 3. The van der Waals surface area contributed by atoms with Gasteiger partial charge in [0.05, 0.1) is 34.4 Å². The minimum absolute atomic E-state index is 0.0483. The number of likely N-dealkylation sites (N-methyl/N-ethyl adjacent to an activating group) is 1. The molecule has 0 aromatic rings. The SMILES string of the molecule is CCCCC/C=C/C=C/C=C/C=C/CCCCCCCC(=O)OC(COCCC(C(=O)O)[N+](C)(C)C)COC(=O)CCCCCCCCC/C=C/CCCCCCCCCC. The van der Waals surface area contributed by atoms with Crippen molar-refractivity contribution in [1.82, 2.24) is 0 Å². The van der Waals surface area contributed by atoms with Crippen LogP contribution in [0.5, 0.6) is 0 Å². The molecule has 0 spiro atoms. The summed E-state index contributed by atoms with van der Waals surface area (Å²) in [6, 6.07) is -0.622. The highest BCUT2D eigenvalue weighted by Gasteiger charge is 2.31. The second kappa shape index (κ2) is 43.7. The summed E-state index contributed by atoms with van der Waals surface area (Å²) < 4.78 is 17.3. The quantitative estimate of drug-likeness (QED) is 0.0214. The fourth-order valence-electron chi connectivity index (χ4n) is 7.10. The molecule has 8 heteroatoms. The number of unbranched alkanes of at least 4 members (excludes halogenated alkanes) is 23. The number of carboxylic acid groups (broad SMARTS) is 1. The van der Waals surface area contributed by atoms with E-state index < -0.39 is 18.1 Å². The third-order valence-electron chi connectivity index (χ3n) is 11.0. The number of esters is 2. The minimum Gasteiger partial charge on any atom is -0.477 e. The van der Waals surface area contributed by atoms with E-state index in [1.165, 1.54) is 109 Å². The van der Waals surface area contributed by atoms with Crippen molar-refractivity contribution in [3.05, 3.63) is 60.8 Å². The number of allylic oxidation sites excluding steroid dienone is 10. The summed E-state index contributed by atoms with van der Waals surface area (Å²) in [4.78, 5) is 37.1. The van der Waals surface area contributed by atoms with E-state index in [0.29, 0.717) is 19.3 Å². The Morgan fingerprint density at radius 1 is 0.492 bits per heavy atom. The summed E-state index contributed by atoms with van der Waals surface area (Å²) in [5.74, 6) is -1.50. The third kappa shape index (κ3) is 42.1. The van der Waals surface area contributed by atoms with Crippen LogP contribution in [-0.4, -0.2) is 80.6 Å². The lowest BCUT2D eigenvalue weighted by atomic mass is 10.1. The maximum absolute atomic E-state index is 12.8. The van der Waals surface area contributed by atoms with Crippen LogP contribution in [0, 0.1) is 0 Å². The van der Waals surface area contributed by atoms with Gasteiger partial charge in [0.1, 0.15) is 6.61 Å². The Hall–Kier alpha value is -2.97. The van der Waals surface area contributed by atoms with Crippen molar-refractivity contribution < 1.29 is 38.2 Å². The normalized spacial score (nSPS) is 13.4. The Morgan fingerprint density at radius 2 is 0.885 bits per heavy atom. The first kappa shape index (κ1) is 58.0. The van der Waals surface area contributed by atoms with Crippen molar-refractivity contribution in [3.63, 3.8) is 0 Å². The van der Waals surface area contributed by atoms with Crippen LogP contribution in [0.4, 0.5) is 0 Å². The van der Waals surface area contributed by atoms with Crippen LogP contribution < -0.4 is 0 Å². The molecule has 0 bridgehead atoms. The zero-order chi connectivity index (χ0) is 44.9. The molecular formula is C53H94NO7+. The molecule has 352 valence electrons. The number of carbonyl (C=O) groups excluding carboxylic acids is 2. The fraction of sp³-hybridized carbons (Fsp3) is 0.755. The lowest BCUT2D eigenvalue weighted by Crippen LogP contribution is -2.50. The molecule has 0 aliphatic rings. The van der Waals surface area contributed by atoms with Gasteiger partial charge in [-0.15, -0.1) is 0 Å². The number of carbonyl (C=O) groups is 3. The Kier molecular flexibility index (Phi) is 41.5. The molecule has 2 unspecified atom stereocenters. The van der Waals surface area contributed by atoms with Gasteiger partial charge in [-0.2, -0.15) is 0 Å². The Labute approximate surface area is 375 Å². The zero-order valence-corrected chi connectivity index (χ0v) is 40.1. The number of hydrogen-bond donors (Lipinski definition) is 1. The molecule has 2 atom stereocenters. The molecule has 0 rings (SSSR count). The molecule has 0 aliphatic carbocycles. The number of carboxylic acids is 1. The van der Waals surface area contributed by atoms with Crippen LogP contribution in [-0.2, 0) is 28.6 Å². The highest BCUT2D eigenvalue weighted by molar-refractivity contribution is 5.72.